The highest BCUT2D eigenvalue weighted by Gasteiger charge is 2.73. The molecule has 0 saturated heterocycles. The van der Waals surface area contributed by atoms with Gasteiger partial charge in [-0.05, 0) is 30.1 Å². The molecule has 0 radical (unpaired) electrons. The number of hydrogen-bond donors (Lipinski definition) is 0. The fourth-order valence-corrected chi connectivity index (χ4v) is 4.00. The van der Waals surface area contributed by atoms with E-state index in [2.05, 4.69) is 12.2 Å². The van der Waals surface area contributed by atoms with Gasteiger partial charge in [0.2, 0.25) is 0 Å². The molecule has 6 atom stereocenters. The van der Waals surface area contributed by atoms with Gasteiger partial charge in [0.1, 0.15) is 5.78 Å². The van der Waals surface area contributed by atoms with E-state index < -0.39 is 0 Å². The van der Waals surface area contributed by atoms with Crippen molar-refractivity contribution < 1.29 is 4.79 Å². The van der Waals surface area contributed by atoms with Crippen molar-refractivity contribution in [3.63, 3.8) is 0 Å². The molecule has 4 rings (SSSR count). The van der Waals surface area contributed by atoms with Crippen LogP contribution in [-0.2, 0) is 4.79 Å². The Kier molecular flexibility index (Phi) is 0.566. The van der Waals surface area contributed by atoms with Crippen molar-refractivity contribution in [1.82, 2.24) is 0 Å². The highest BCUT2D eigenvalue weighted by molar-refractivity contribution is 5.93. The first-order valence-electron chi connectivity index (χ1n) is 4.60. The number of fused-ring (bicyclic) bond motifs is 3. The van der Waals surface area contributed by atoms with Crippen LogP contribution in [0.2, 0.25) is 0 Å². The van der Waals surface area contributed by atoms with Crippen LogP contribution in [0.3, 0.4) is 0 Å². The summed E-state index contributed by atoms with van der Waals surface area (Å²) < 4.78 is 0. The summed E-state index contributed by atoms with van der Waals surface area (Å²) in [6.45, 7) is 0. The van der Waals surface area contributed by atoms with Crippen molar-refractivity contribution in [2.45, 2.75) is 6.42 Å². The maximum absolute atomic E-state index is 11.6. The minimum Gasteiger partial charge on any atom is -0.299 e. The Labute approximate surface area is 65.5 Å². The SMILES string of the molecule is O=C1C2C=CC3CC2C2C1C32. The molecule has 11 heavy (non-hydrogen) atoms. The second-order valence-corrected chi connectivity index (χ2v) is 4.56. The monoisotopic (exact) mass is 146 g/mol. The van der Waals surface area contributed by atoms with Crippen molar-refractivity contribution in [2.24, 2.45) is 35.5 Å². The molecule has 6 unspecified atom stereocenters. The number of ketones is 1. The first kappa shape index (κ1) is 5.13. The van der Waals surface area contributed by atoms with Gasteiger partial charge in [-0.25, -0.2) is 0 Å². The molecule has 0 aromatic heterocycles. The zero-order valence-corrected chi connectivity index (χ0v) is 6.23. The van der Waals surface area contributed by atoms with E-state index in [1.54, 1.807) is 0 Å². The van der Waals surface area contributed by atoms with Crippen LogP contribution < -0.4 is 0 Å². The van der Waals surface area contributed by atoms with E-state index in [-0.39, 0.29) is 0 Å². The molecule has 3 fully saturated rings. The van der Waals surface area contributed by atoms with Crippen LogP contribution in [0.5, 0.6) is 0 Å². The van der Waals surface area contributed by atoms with Crippen molar-refractivity contribution in [3.05, 3.63) is 12.2 Å². The lowest BCUT2D eigenvalue weighted by Crippen LogP contribution is -2.15. The molecule has 0 N–H and O–H groups in total. The normalized spacial score (nSPS) is 67.5. The Morgan fingerprint density at radius 3 is 3.00 bits per heavy atom. The summed E-state index contributed by atoms with van der Waals surface area (Å²) in [5, 5.41) is 0. The number of allylic oxidation sites excluding steroid dienone is 2. The summed E-state index contributed by atoms with van der Waals surface area (Å²) >= 11 is 0. The fourth-order valence-electron chi connectivity index (χ4n) is 4.00. The van der Waals surface area contributed by atoms with Crippen LogP contribution in [0.25, 0.3) is 0 Å². The van der Waals surface area contributed by atoms with E-state index in [1.165, 1.54) is 6.42 Å². The lowest BCUT2D eigenvalue weighted by molar-refractivity contribution is -0.121. The third-order valence-corrected chi connectivity index (χ3v) is 4.35. The molecule has 0 heterocycles. The maximum atomic E-state index is 11.6. The van der Waals surface area contributed by atoms with Crippen LogP contribution in [0.4, 0.5) is 0 Å². The second kappa shape index (κ2) is 1.21. The van der Waals surface area contributed by atoms with Gasteiger partial charge in [0.05, 0.1) is 0 Å². The molecule has 0 aromatic rings. The van der Waals surface area contributed by atoms with Gasteiger partial charge < -0.3 is 0 Å². The van der Waals surface area contributed by atoms with Gasteiger partial charge in [0.15, 0.2) is 0 Å². The number of Topliss-reactive ketones (excluding diaryl/α,β-unsaturated/α-hetero) is 1. The Balaban J connectivity index is 2.02. The zero-order valence-electron chi connectivity index (χ0n) is 6.23. The molecule has 3 saturated carbocycles. The largest absolute Gasteiger partial charge is 0.299 e. The third kappa shape index (κ3) is 0.350. The Morgan fingerprint density at radius 1 is 1.27 bits per heavy atom. The summed E-state index contributed by atoms with van der Waals surface area (Å²) in [7, 11) is 0. The number of carbonyl (C=O) groups excluding carboxylic acids is 1. The average molecular weight is 146 g/mol. The third-order valence-electron chi connectivity index (χ3n) is 4.35. The average Bonchev–Trinajstić information content (AvgIpc) is 2.66. The molecular weight excluding hydrogens is 136 g/mol. The molecule has 1 heteroatoms. The molecule has 4 aliphatic rings. The molecule has 4 aliphatic carbocycles. The Bertz CT molecular complexity index is 291. The van der Waals surface area contributed by atoms with E-state index in [0.29, 0.717) is 17.6 Å². The minimum absolute atomic E-state index is 0.361. The highest BCUT2D eigenvalue weighted by Crippen LogP contribution is 2.73. The van der Waals surface area contributed by atoms with E-state index >= 15 is 0 Å². The van der Waals surface area contributed by atoms with Gasteiger partial charge >= 0.3 is 0 Å². The van der Waals surface area contributed by atoms with Gasteiger partial charge in [0, 0.05) is 11.8 Å². The van der Waals surface area contributed by atoms with Crippen molar-refractivity contribution in [1.29, 1.82) is 0 Å². The molecule has 0 aliphatic heterocycles. The van der Waals surface area contributed by atoms with Gasteiger partial charge in [-0.1, -0.05) is 12.2 Å². The van der Waals surface area contributed by atoms with Crippen molar-refractivity contribution in [2.75, 3.05) is 0 Å². The Morgan fingerprint density at radius 2 is 2.18 bits per heavy atom. The predicted octanol–water partition coefficient (Wildman–Crippen LogP) is 1.25. The maximum Gasteiger partial charge on any atom is 0.143 e. The Hall–Kier alpha value is -0.590. The topological polar surface area (TPSA) is 17.1 Å². The highest BCUT2D eigenvalue weighted by atomic mass is 16.1. The van der Waals surface area contributed by atoms with Crippen LogP contribution >= 0.6 is 0 Å². The minimum atomic E-state index is 0.361. The van der Waals surface area contributed by atoms with Gasteiger partial charge in [-0.2, -0.15) is 0 Å². The van der Waals surface area contributed by atoms with E-state index in [1.807, 2.05) is 0 Å². The number of rotatable bonds is 0. The molecular formula is C10H10O. The number of hydrogen-bond acceptors (Lipinski definition) is 1. The molecule has 2 bridgehead atoms. The van der Waals surface area contributed by atoms with Crippen molar-refractivity contribution in [3.8, 4) is 0 Å². The quantitative estimate of drug-likeness (QED) is 0.470. The van der Waals surface area contributed by atoms with E-state index in [4.69, 9.17) is 0 Å². The summed E-state index contributed by atoms with van der Waals surface area (Å²) in [6, 6.07) is 0. The zero-order chi connectivity index (χ0) is 7.16. The van der Waals surface area contributed by atoms with E-state index in [0.717, 1.165) is 23.7 Å². The van der Waals surface area contributed by atoms with Crippen LogP contribution in [-0.4, -0.2) is 5.78 Å². The van der Waals surface area contributed by atoms with Gasteiger partial charge in [-0.15, -0.1) is 0 Å². The smallest absolute Gasteiger partial charge is 0.143 e. The molecule has 56 valence electrons. The summed E-state index contributed by atoms with van der Waals surface area (Å²) in [5.41, 5.74) is 0. The van der Waals surface area contributed by atoms with Gasteiger partial charge in [0.25, 0.3) is 0 Å². The van der Waals surface area contributed by atoms with Crippen LogP contribution in [0.15, 0.2) is 12.2 Å². The molecule has 0 aromatic carbocycles. The second-order valence-electron chi connectivity index (χ2n) is 4.56. The molecule has 1 nitrogen and oxygen atoms in total. The van der Waals surface area contributed by atoms with Gasteiger partial charge in [-0.3, -0.25) is 4.79 Å². The summed E-state index contributed by atoms with van der Waals surface area (Å²) in [4.78, 5) is 11.6. The lowest BCUT2D eigenvalue weighted by Gasteiger charge is -2.17. The summed E-state index contributed by atoms with van der Waals surface area (Å²) in [5.74, 6) is 4.71. The fraction of sp³-hybridized carbons (Fsp3) is 0.700. The predicted molar refractivity (Wildman–Crippen MR) is 39.7 cm³/mol. The standard InChI is InChI=1S/C10H10O/c11-10-5-2-1-4-3-6(5)8-7(4)9(8)10/h1-2,4-9H,3H2. The first-order valence-corrected chi connectivity index (χ1v) is 4.60. The molecule has 0 amide bonds. The first-order chi connectivity index (χ1) is 5.38. The van der Waals surface area contributed by atoms with Crippen LogP contribution in [0.1, 0.15) is 6.42 Å². The molecule has 0 spiro atoms. The van der Waals surface area contributed by atoms with Crippen LogP contribution in [0, 0.1) is 35.5 Å². The van der Waals surface area contributed by atoms with E-state index in [9.17, 15) is 4.79 Å². The number of carbonyl (C=O) groups is 1. The summed E-state index contributed by atoms with van der Waals surface area (Å²) in [6.07, 6.45) is 5.84. The van der Waals surface area contributed by atoms with Crippen molar-refractivity contribution >= 4 is 5.78 Å². The lowest BCUT2D eigenvalue weighted by atomic mass is 9.86.